The van der Waals surface area contributed by atoms with Gasteiger partial charge in [0, 0.05) is 25.3 Å². The Morgan fingerprint density at radius 2 is 2.00 bits per heavy atom. The first-order valence-electron chi connectivity index (χ1n) is 5.28. The van der Waals surface area contributed by atoms with Gasteiger partial charge in [-0.2, -0.15) is 0 Å². The molecule has 5 nitrogen and oxygen atoms in total. The van der Waals surface area contributed by atoms with Crippen molar-refractivity contribution in [3.05, 3.63) is 29.3 Å². The molecule has 92 valence electrons. The average Bonchev–Trinajstić information content (AvgIpc) is 2.30. The molecule has 0 saturated carbocycles. The molecule has 1 rings (SSSR count). The fraction of sp³-hybridized carbons (Fsp3) is 0.333. The maximum absolute atomic E-state index is 11.9. The first-order valence-corrected chi connectivity index (χ1v) is 5.28. The van der Waals surface area contributed by atoms with Crippen LogP contribution >= 0.6 is 0 Å². The summed E-state index contributed by atoms with van der Waals surface area (Å²) >= 11 is 0. The van der Waals surface area contributed by atoms with Gasteiger partial charge < -0.3 is 16.0 Å². The number of nitrogens with two attached hydrogens (primary N) is 1. The molecular formula is C12H17N3O2. The Bertz CT molecular complexity index is 441. The van der Waals surface area contributed by atoms with Gasteiger partial charge in [0.1, 0.15) is 0 Å². The number of amides is 2. The van der Waals surface area contributed by atoms with Gasteiger partial charge in [0.25, 0.3) is 5.91 Å². The summed E-state index contributed by atoms with van der Waals surface area (Å²) < 4.78 is 0. The lowest BCUT2D eigenvalue weighted by Gasteiger charge is -2.14. The summed E-state index contributed by atoms with van der Waals surface area (Å²) in [6, 6.07) is 5.20. The molecule has 0 aliphatic rings. The first kappa shape index (κ1) is 13.2. The molecule has 0 atom stereocenters. The Morgan fingerprint density at radius 3 is 2.53 bits per heavy atom. The van der Waals surface area contributed by atoms with Crippen molar-refractivity contribution in [1.29, 1.82) is 0 Å². The highest BCUT2D eigenvalue weighted by molar-refractivity contribution is 5.98. The van der Waals surface area contributed by atoms with E-state index in [4.69, 9.17) is 5.73 Å². The maximum atomic E-state index is 11.9. The summed E-state index contributed by atoms with van der Waals surface area (Å²) in [6.45, 7) is 1.77. The molecule has 0 spiro atoms. The summed E-state index contributed by atoms with van der Waals surface area (Å²) in [6.07, 6.45) is 0. The van der Waals surface area contributed by atoms with E-state index in [-0.39, 0.29) is 18.4 Å². The number of nitrogens with zero attached hydrogens (tertiary/aromatic N) is 1. The summed E-state index contributed by atoms with van der Waals surface area (Å²) in [5.41, 5.74) is 7.23. The van der Waals surface area contributed by atoms with Gasteiger partial charge in [-0.15, -0.1) is 0 Å². The number of hydrogen-bond acceptors (Lipinski definition) is 3. The van der Waals surface area contributed by atoms with Crippen LogP contribution in [0, 0.1) is 6.92 Å². The summed E-state index contributed by atoms with van der Waals surface area (Å²) in [5.74, 6) is -0.372. The number of carbonyl (C=O) groups excluding carboxylic acids is 2. The molecule has 0 aliphatic carbocycles. The van der Waals surface area contributed by atoms with Crippen LogP contribution in [0.3, 0.4) is 0 Å². The van der Waals surface area contributed by atoms with Crippen LogP contribution in [0.1, 0.15) is 15.9 Å². The lowest BCUT2D eigenvalue weighted by molar-refractivity contribution is -0.114. The van der Waals surface area contributed by atoms with Crippen LogP contribution in [-0.4, -0.2) is 37.4 Å². The minimum absolute atomic E-state index is 0.0785. The average molecular weight is 235 g/mol. The van der Waals surface area contributed by atoms with E-state index < -0.39 is 0 Å². The predicted molar refractivity (Wildman–Crippen MR) is 66.9 cm³/mol. The molecule has 5 heteroatoms. The number of carbonyl (C=O) groups is 2. The lowest BCUT2D eigenvalue weighted by Crippen LogP contribution is -2.24. The monoisotopic (exact) mass is 235 g/mol. The molecule has 0 fully saturated rings. The van der Waals surface area contributed by atoms with Crippen LogP contribution in [-0.2, 0) is 4.79 Å². The lowest BCUT2D eigenvalue weighted by atomic mass is 10.1. The van der Waals surface area contributed by atoms with Crippen LogP contribution in [0.5, 0.6) is 0 Å². The molecule has 3 N–H and O–H groups in total. The van der Waals surface area contributed by atoms with Crippen molar-refractivity contribution in [3.8, 4) is 0 Å². The molecule has 0 radical (unpaired) electrons. The van der Waals surface area contributed by atoms with Gasteiger partial charge in [-0.1, -0.05) is 6.07 Å². The number of nitrogens with one attached hydrogen (secondary N) is 1. The zero-order chi connectivity index (χ0) is 13.0. The van der Waals surface area contributed by atoms with Gasteiger partial charge in [-0.3, -0.25) is 9.59 Å². The van der Waals surface area contributed by atoms with Gasteiger partial charge in [0.2, 0.25) is 5.91 Å². The largest absolute Gasteiger partial charge is 0.345 e. The molecule has 2 amide bonds. The number of aryl methyl sites for hydroxylation is 1. The molecule has 0 aromatic heterocycles. The maximum Gasteiger partial charge on any atom is 0.253 e. The Morgan fingerprint density at radius 1 is 1.35 bits per heavy atom. The molecule has 0 heterocycles. The first-order chi connectivity index (χ1) is 7.95. The van der Waals surface area contributed by atoms with Crippen molar-refractivity contribution in [2.24, 2.45) is 5.73 Å². The second-order valence-electron chi connectivity index (χ2n) is 3.98. The number of anilines is 1. The van der Waals surface area contributed by atoms with E-state index in [1.165, 1.54) is 4.90 Å². The molecule has 1 aromatic carbocycles. The van der Waals surface area contributed by atoms with Crippen molar-refractivity contribution in [3.63, 3.8) is 0 Å². The van der Waals surface area contributed by atoms with E-state index in [1.54, 1.807) is 32.3 Å². The van der Waals surface area contributed by atoms with E-state index in [2.05, 4.69) is 5.32 Å². The van der Waals surface area contributed by atoms with Crippen LogP contribution in [0.4, 0.5) is 5.69 Å². The topological polar surface area (TPSA) is 75.4 Å². The number of benzene rings is 1. The summed E-state index contributed by atoms with van der Waals surface area (Å²) in [5, 5.41) is 2.62. The van der Waals surface area contributed by atoms with Crippen molar-refractivity contribution in [1.82, 2.24) is 4.90 Å². The van der Waals surface area contributed by atoms with Crippen molar-refractivity contribution in [2.75, 3.05) is 26.0 Å². The molecule has 0 saturated heterocycles. The summed E-state index contributed by atoms with van der Waals surface area (Å²) in [7, 11) is 3.37. The van der Waals surface area contributed by atoms with Gasteiger partial charge in [-0.05, 0) is 24.6 Å². The highest BCUT2D eigenvalue weighted by Gasteiger charge is 2.12. The Hall–Kier alpha value is -1.88. The van der Waals surface area contributed by atoms with Gasteiger partial charge in [0.15, 0.2) is 0 Å². The Kier molecular flexibility index (Phi) is 4.23. The van der Waals surface area contributed by atoms with Crippen molar-refractivity contribution in [2.45, 2.75) is 6.92 Å². The molecule has 0 aliphatic heterocycles. The van der Waals surface area contributed by atoms with Crippen molar-refractivity contribution < 1.29 is 9.59 Å². The van der Waals surface area contributed by atoms with Crippen LogP contribution in [0.2, 0.25) is 0 Å². The SMILES string of the molecule is Cc1ccc(NC(=O)CN)cc1C(=O)N(C)C. The number of hydrogen-bond donors (Lipinski definition) is 2. The zero-order valence-corrected chi connectivity index (χ0v) is 10.3. The fourth-order valence-electron chi connectivity index (χ4n) is 1.38. The van der Waals surface area contributed by atoms with Crippen molar-refractivity contribution >= 4 is 17.5 Å². The van der Waals surface area contributed by atoms with Crippen LogP contribution < -0.4 is 11.1 Å². The Balaban J connectivity index is 3.02. The highest BCUT2D eigenvalue weighted by Crippen LogP contribution is 2.16. The predicted octanol–water partition coefficient (Wildman–Crippen LogP) is 0.594. The van der Waals surface area contributed by atoms with E-state index in [0.29, 0.717) is 11.3 Å². The highest BCUT2D eigenvalue weighted by atomic mass is 16.2. The second-order valence-corrected chi connectivity index (χ2v) is 3.98. The fourth-order valence-corrected chi connectivity index (χ4v) is 1.38. The molecular weight excluding hydrogens is 218 g/mol. The van der Waals surface area contributed by atoms with Crippen LogP contribution in [0.25, 0.3) is 0 Å². The quantitative estimate of drug-likeness (QED) is 0.805. The third kappa shape index (κ3) is 3.29. The molecule has 0 bridgehead atoms. The minimum atomic E-state index is -0.280. The number of rotatable bonds is 3. The zero-order valence-electron chi connectivity index (χ0n) is 10.3. The second kappa shape index (κ2) is 5.45. The standard InChI is InChI=1S/C12H17N3O2/c1-8-4-5-9(14-11(16)7-13)6-10(8)12(17)15(2)3/h4-6H,7,13H2,1-3H3,(H,14,16). The van der Waals surface area contributed by atoms with Crippen LogP contribution in [0.15, 0.2) is 18.2 Å². The normalized spacial score (nSPS) is 9.88. The van der Waals surface area contributed by atoms with E-state index in [1.807, 2.05) is 6.92 Å². The molecule has 0 unspecified atom stereocenters. The van der Waals surface area contributed by atoms with Gasteiger partial charge >= 0.3 is 0 Å². The molecule has 17 heavy (non-hydrogen) atoms. The summed E-state index contributed by atoms with van der Waals surface area (Å²) in [4.78, 5) is 24.5. The third-order valence-corrected chi connectivity index (χ3v) is 2.34. The molecule has 1 aromatic rings. The minimum Gasteiger partial charge on any atom is -0.345 e. The van der Waals surface area contributed by atoms with Gasteiger partial charge in [-0.25, -0.2) is 0 Å². The smallest absolute Gasteiger partial charge is 0.253 e. The Labute approximate surface area is 101 Å². The van der Waals surface area contributed by atoms with Gasteiger partial charge in [0.05, 0.1) is 6.54 Å². The van der Waals surface area contributed by atoms with E-state index in [0.717, 1.165) is 5.56 Å². The van der Waals surface area contributed by atoms with E-state index in [9.17, 15) is 9.59 Å². The van der Waals surface area contributed by atoms with E-state index >= 15 is 0 Å². The third-order valence-electron chi connectivity index (χ3n) is 2.34.